The summed E-state index contributed by atoms with van der Waals surface area (Å²) in [5, 5.41) is 0. The van der Waals surface area contributed by atoms with E-state index in [0.717, 1.165) is 12.0 Å². The Morgan fingerprint density at radius 2 is 2.00 bits per heavy atom. The third kappa shape index (κ3) is 8.93. The molecule has 114 valence electrons. The van der Waals surface area contributed by atoms with Crippen LogP contribution in [0.4, 0.5) is 0 Å². The topological polar surface area (TPSA) is 50.7 Å². The molecule has 0 unspecified atom stereocenters. The first-order chi connectivity index (χ1) is 9.40. The van der Waals surface area contributed by atoms with Crippen molar-refractivity contribution < 1.29 is 9.53 Å². The first-order valence-corrected chi connectivity index (χ1v) is 7.25. The molecular weight excluding hydrogens is 272 g/mol. The molecule has 20 heavy (non-hydrogen) atoms. The van der Waals surface area contributed by atoms with Gasteiger partial charge in [0, 0.05) is 25.0 Å². The Bertz CT molecular complexity index is 376. The predicted molar refractivity (Wildman–Crippen MR) is 88.0 cm³/mol. The van der Waals surface area contributed by atoms with Crippen LogP contribution in [0.5, 0.6) is 0 Å². The van der Waals surface area contributed by atoms with Crippen molar-refractivity contribution in [1.82, 2.24) is 4.72 Å². The van der Waals surface area contributed by atoms with Crippen molar-refractivity contribution in [2.75, 3.05) is 6.54 Å². The van der Waals surface area contributed by atoms with E-state index in [-0.39, 0.29) is 17.8 Å². The Morgan fingerprint density at radius 1 is 1.35 bits per heavy atom. The highest BCUT2D eigenvalue weighted by Crippen LogP contribution is 2.11. The number of nitrogens with zero attached hydrogens (tertiary/aromatic N) is 1. The number of hydrogen-bond acceptors (Lipinski definition) is 5. The lowest BCUT2D eigenvalue weighted by atomic mass is 10.0. The second kappa shape index (κ2) is 10.7. The van der Waals surface area contributed by atoms with Gasteiger partial charge in [0.05, 0.1) is 0 Å². The van der Waals surface area contributed by atoms with Gasteiger partial charge in [-0.15, -0.1) is 0 Å². The number of ether oxygens (including phenoxy) is 1. The standard InChI is InChI=1S/C15H26N2O2S/c1-11(2)14(18)8-6-12(3)7-9-15(16-5)19-13(4)10-17-20/h7,9,11,13,17,20H,5-6,8,10H2,1-4H3/b12-7+,15-9+/t13-/m0/s1. The van der Waals surface area contributed by atoms with Crippen LogP contribution in [0.3, 0.4) is 0 Å². The molecule has 0 rings (SSSR count). The fourth-order valence-electron chi connectivity index (χ4n) is 1.41. The molecule has 0 amide bonds. The first kappa shape index (κ1) is 18.9. The van der Waals surface area contributed by atoms with E-state index in [1.54, 1.807) is 6.08 Å². The molecule has 0 fully saturated rings. The Labute approximate surface area is 127 Å². The summed E-state index contributed by atoms with van der Waals surface area (Å²) in [6, 6.07) is 0. The minimum atomic E-state index is -0.0412. The highest BCUT2D eigenvalue weighted by atomic mass is 32.1. The first-order valence-electron chi connectivity index (χ1n) is 6.81. The van der Waals surface area contributed by atoms with E-state index in [1.807, 2.05) is 33.8 Å². The summed E-state index contributed by atoms with van der Waals surface area (Å²) in [4.78, 5) is 15.4. The van der Waals surface area contributed by atoms with Crippen molar-refractivity contribution in [3.05, 3.63) is 23.6 Å². The molecule has 0 aromatic carbocycles. The second-order valence-corrected chi connectivity index (χ2v) is 5.40. The lowest BCUT2D eigenvalue weighted by molar-refractivity contribution is -0.121. The zero-order valence-electron chi connectivity index (χ0n) is 12.8. The molecule has 1 N–H and O–H groups in total. The van der Waals surface area contributed by atoms with E-state index in [4.69, 9.17) is 4.74 Å². The average Bonchev–Trinajstić information content (AvgIpc) is 2.40. The highest BCUT2D eigenvalue weighted by Gasteiger charge is 2.07. The lowest BCUT2D eigenvalue weighted by Crippen LogP contribution is -2.20. The second-order valence-electron chi connectivity index (χ2n) is 5.09. The quantitative estimate of drug-likeness (QED) is 0.281. The van der Waals surface area contributed by atoms with E-state index in [1.165, 1.54) is 0 Å². The third-order valence-electron chi connectivity index (χ3n) is 2.78. The van der Waals surface area contributed by atoms with Gasteiger partial charge in [-0.05, 0) is 27.0 Å². The lowest BCUT2D eigenvalue weighted by Gasteiger charge is -2.13. The number of nitrogens with one attached hydrogen (secondary N) is 1. The summed E-state index contributed by atoms with van der Waals surface area (Å²) in [6.45, 7) is 11.8. The van der Waals surface area contributed by atoms with Crippen molar-refractivity contribution in [1.29, 1.82) is 0 Å². The maximum atomic E-state index is 11.5. The van der Waals surface area contributed by atoms with Crippen molar-refractivity contribution in [3.8, 4) is 0 Å². The van der Waals surface area contributed by atoms with E-state index in [2.05, 4.69) is 29.2 Å². The molecule has 0 spiro atoms. The molecule has 0 saturated heterocycles. The number of Topliss-reactive ketones (excluding diaryl/α,β-unsaturated/α-hetero) is 1. The van der Waals surface area contributed by atoms with Gasteiger partial charge in [0.25, 0.3) is 0 Å². The van der Waals surface area contributed by atoms with Crippen LogP contribution in [0.1, 0.15) is 40.5 Å². The van der Waals surface area contributed by atoms with Crippen LogP contribution in [0.15, 0.2) is 28.6 Å². The van der Waals surface area contributed by atoms with Gasteiger partial charge in [-0.1, -0.05) is 38.3 Å². The van der Waals surface area contributed by atoms with Gasteiger partial charge in [0.1, 0.15) is 11.9 Å². The number of thiol groups is 1. The molecule has 4 nitrogen and oxygen atoms in total. The zero-order valence-corrected chi connectivity index (χ0v) is 13.7. The summed E-state index contributed by atoms with van der Waals surface area (Å²) < 4.78 is 8.30. The Kier molecular flexibility index (Phi) is 10.1. The van der Waals surface area contributed by atoms with Gasteiger partial charge < -0.3 is 4.74 Å². The van der Waals surface area contributed by atoms with Crippen LogP contribution in [0.25, 0.3) is 0 Å². The SMILES string of the molecule is C=N/C(=C\C=C(/C)CCC(=O)C(C)C)O[C@@H](C)CNS. The molecule has 1 atom stereocenters. The predicted octanol–water partition coefficient (Wildman–Crippen LogP) is 3.32. The van der Waals surface area contributed by atoms with Gasteiger partial charge in [-0.3, -0.25) is 9.52 Å². The summed E-state index contributed by atoms with van der Waals surface area (Å²) >= 11 is 3.92. The van der Waals surface area contributed by atoms with Crippen molar-refractivity contribution in [2.24, 2.45) is 10.9 Å². The average molecular weight is 298 g/mol. The Morgan fingerprint density at radius 3 is 2.50 bits per heavy atom. The monoisotopic (exact) mass is 298 g/mol. The molecule has 0 aromatic heterocycles. The fourth-order valence-corrected chi connectivity index (χ4v) is 1.67. The molecule has 0 aromatic rings. The fraction of sp³-hybridized carbons (Fsp3) is 0.600. The smallest absolute Gasteiger partial charge is 0.212 e. The molecule has 0 aliphatic rings. The van der Waals surface area contributed by atoms with Crippen molar-refractivity contribution in [2.45, 2.75) is 46.6 Å². The molecular formula is C15H26N2O2S. The van der Waals surface area contributed by atoms with Crippen LogP contribution < -0.4 is 4.72 Å². The minimum Gasteiger partial charge on any atom is -0.473 e. The van der Waals surface area contributed by atoms with Crippen LogP contribution in [0, 0.1) is 5.92 Å². The van der Waals surface area contributed by atoms with Crippen LogP contribution >= 0.6 is 12.8 Å². The third-order valence-corrected chi connectivity index (χ3v) is 2.96. The number of aliphatic imine (C=N–C) groups is 1. The van der Waals surface area contributed by atoms with Crippen molar-refractivity contribution >= 4 is 25.3 Å². The van der Waals surface area contributed by atoms with Gasteiger partial charge in [-0.25, -0.2) is 4.99 Å². The van der Waals surface area contributed by atoms with Gasteiger partial charge in [0.2, 0.25) is 5.88 Å². The largest absolute Gasteiger partial charge is 0.473 e. The summed E-state index contributed by atoms with van der Waals surface area (Å²) in [5.74, 6) is 0.853. The van der Waals surface area contributed by atoms with Gasteiger partial charge >= 0.3 is 0 Å². The summed E-state index contributed by atoms with van der Waals surface area (Å²) in [7, 11) is 0. The van der Waals surface area contributed by atoms with Crippen LogP contribution in [0.2, 0.25) is 0 Å². The molecule has 0 saturated carbocycles. The number of allylic oxidation sites excluding steroid dienone is 3. The van der Waals surface area contributed by atoms with E-state index in [9.17, 15) is 4.79 Å². The maximum absolute atomic E-state index is 11.5. The van der Waals surface area contributed by atoms with E-state index in [0.29, 0.717) is 18.8 Å². The van der Waals surface area contributed by atoms with Crippen molar-refractivity contribution in [3.63, 3.8) is 0 Å². The zero-order chi connectivity index (χ0) is 15.5. The normalized spacial score (nSPS) is 14.3. The number of carbonyl (C=O) groups excluding carboxylic acids is 1. The number of hydrogen-bond donors (Lipinski definition) is 2. The van der Waals surface area contributed by atoms with E-state index >= 15 is 0 Å². The van der Waals surface area contributed by atoms with Gasteiger partial charge in [-0.2, -0.15) is 0 Å². The molecule has 0 bridgehead atoms. The van der Waals surface area contributed by atoms with Gasteiger partial charge in [0.15, 0.2) is 0 Å². The molecule has 5 heteroatoms. The number of ketones is 1. The van der Waals surface area contributed by atoms with Crippen LogP contribution in [-0.2, 0) is 9.53 Å². The Hall–Kier alpha value is -1.07. The van der Waals surface area contributed by atoms with E-state index < -0.39 is 0 Å². The highest BCUT2D eigenvalue weighted by molar-refractivity contribution is 7.78. The Balaban J connectivity index is 4.41. The van der Waals surface area contributed by atoms with Crippen LogP contribution in [-0.4, -0.2) is 25.1 Å². The number of rotatable bonds is 10. The summed E-state index contributed by atoms with van der Waals surface area (Å²) in [5.41, 5.74) is 1.11. The molecule has 0 aliphatic heterocycles. The minimum absolute atomic E-state index is 0.0412. The molecule has 0 aliphatic carbocycles. The molecule has 0 radical (unpaired) electrons. The maximum Gasteiger partial charge on any atom is 0.212 e. The summed E-state index contributed by atoms with van der Waals surface area (Å²) in [6.07, 6.45) is 4.98. The number of carbonyl (C=O) groups is 1. The molecule has 0 heterocycles.